The number of hydrogen-bond acceptors (Lipinski definition) is 5. The Hall–Kier alpha value is -1.90. The van der Waals surface area contributed by atoms with Gasteiger partial charge in [-0.2, -0.15) is 4.72 Å². The monoisotopic (exact) mass is 439 g/mol. The van der Waals surface area contributed by atoms with E-state index in [9.17, 15) is 17.6 Å². The van der Waals surface area contributed by atoms with Gasteiger partial charge < -0.3 is 4.74 Å². The number of sulfonamides is 1. The zero-order valence-corrected chi connectivity index (χ0v) is 18.4. The van der Waals surface area contributed by atoms with Gasteiger partial charge in [-0.15, -0.1) is 11.8 Å². The van der Waals surface area contributed by atoms with Crippen molar-refractivity contribution in [1.29, 1.82) is 0 Å². The van der Waals surface area contributed by atoms with Crippen molar-refractivity contribution in [1.82, 2.24) is 4.72 Å². The minimum atomic E-state index is -3.86. The fourth-order valence-electron chi connectivity index (χ4n) is 2.62. The molecule has 2 aromatic rings. The Balaban J connectivity index is 2.05. The minimum Gasteiger partial charge on any atom is -0.465 e. The Morgan fingerprint density at radius 3 is 2.28 bits per heavy atom. The first-order valence-corrected chi connectivity index (χ1v) is 11.8. The fraction of sp³-hybridized carbons (Fsp3) is 0.381. The average Bonchev–Trinajstić information content (AvgIpc) is 2.67. The van der Waals surface area contributed by atoms with Crippen LogP contribution < -0.4 is 4.72 Å². The average molecular weight is 440 g/mol. The van der Waals surface area contributed by atoms with Gasteiger partial charge in [0.15, 0.2) is 0 Å². The van der Waals surface area contributed by atoms with Crippen LogP contribution in [0.25, 0.3) is 0 Å². The van der Waals surface area contributed by atoms with Crippen LogP contribution in [-0.2, 0) is 25.3 Å². The van der Waals surface area contributed by atoms with Crippen molar-refractivity contribution >= 4 is 27.8 Å². The molecule has 158 valence electrons. The quantitative estimate of drug-likeness (QED) is 0.440. The summed E-state index contributed by atoms with van der Waals surface area (Å²) in [6, 6.07) is 11.8. The third-order valence-electron chi connectivity index (χ3n) is 4.03. The second-order valence-corrected chi connectivity index (χ2v) is 9.70. The third kappa shape index (κ3) is 7.45. The van der Waals surface area contributed by atoms with E-state index in [-0.39, 0.29) is 23.2 Å². The molecule has 29 heavy (non-hydrogen) atoms. The zero-order chi connectivity index (χ0) is 21.4. The first-order chi connectivity index (χ1) is 13.7. The lowest BCUT2D eigenvalue weighted by Gasteiger charge is -2.19. The number of halogens is 1. The summed E-state index contributed by atoms with van der Waals surface area (Å²) in [5, 5.41) is 0. The highest BCUT2D eigenvalue weighted by molar-refractivity contribution is 7.98. The van der Waals surface area contributed by atoms with E-state index < -0.39 is 22.0 Å². The molecule has 0 radical (unpaired) electrons. The molecular formula is C21H26FNO4S2. The van der Waals surface area contributed by atoms with E-state index in [1.54, 1.807) is 31.2 Å². The first kappa shape index (κ1) is 23.4. The molecule has 0 saturated carbocycles. The van der Waals surface area contributed by atoms with Gasteiger partial charge in [-0.25, -0.2) is 12.8 Å². The molecule has 0 aromatic heterocycles. The van der Waals surface area contributed by atoms with Gasteiger partial charge in [0.05, 0.1) is 11.5 Å². The highest BCUT2D eigenvalue weighted by Crippen LogP contribution is 2.24. The highest BCUT2D eigenvalue weighted by Gasteiger charge is 2.27. The molecule has 0 spiro atoms. The minimum absolute atomic E-state index is 0.0890. The van der Waals surface area contributed by atoms with E-state index in [0.29, 0.717) is 12.2 Å². The standard InChI is InChI=1S/C21H26FNO4S2/c1-4-27-21(24)20(13-15(2)3)23-29(25,26)19-11-5-16(6-12-19)14-28-18-9-7-17(22)8-10-18/h5-12,15,20,23H,4,13-14H2,1-3H3/t20-/m1/s1. The predicted octanol–water partition coefficient (Wildman–Crippen LogP) is 4.37. The lowest BCUT2D eigenvalue weighted by molar-refractivity contribution is -0.145. The Morgan fingerprint density at radius 1 is 1.10 bits per heavy atom. The van der Waals surface area contributed by atoms with Gasteiger partial charge in [0, 0.05) is 10.6 Å². The number of esters is 1. The topological polar surface area (TPSA) is 72.5 Å². The van der Waals surface area contributed by atoms with Gasteiger partial charge in [0.25, 0.3) is 0 Å². The number of thioether (sulfide) groups is 1. The summed E-state index contributed by atoms with van der Waals surface area (Å²) in [5.41, 5.74) is 0.933. The van der Waals surface area contributed by atoms with Crippen LogP contribution in [0.15, 0.2) is 58.3 Å². The Morgan fingerprint density at radius 2 is 1.72 bits per heavy atom. The zero-order valence-electron chi connectivity index (χ0n) is 16.7. The maximum absolute atomic E-state index is 13.0. The molecule has 1 N–H and O–H groups in total. The summed E-state index contributed by atoms with van der Waals surface area (Å²) in [6.45, 7) is 5.69. The Labute approximate surface area is 176 Å². The third-order valence-corrected chi connectivity index (χ3v) is 6.60. The molecule has 2 rings (SSSR count). The number of ether oxygens (including phenoxy) is 1. The summed E-state index contributed by atoms with van der Waals surface area (Å²) in [7, 11) is -3.86. The largest absolute Gasteiger partial charge is 0.465 e. The summed E-state index contributed by atoms with van der Waals surface area (Å²) in [5.74, 6) is -0.108. The molecule has 0 fully saturated rings. The van der Waals surface area contributed by atoms with Gasteiger partial charge in [0.2, 0.25) is 10.0 Å². The molecule has 2 aromatic carbocycles. The summed E-state index contributed by atoms with van der Waals surface area (Å²) in [4.78, 5) is 13.1. The SMILES string of the molecule is CCOC(=O)[C@@H](CC(C)C)NS(=O)(=O)c1ccc(CSc2ccc(F)cc2)cc1. The van der Waals surface area contributed by atoms with Gasteiger partial charge in [0.1, 0.15) is 11.9 Å². The molecule has 0 amide bonds. The van der Waals surface area contributed by atoms with Crippen molar-refractivity contribution < 1.29 is 22.3 Å². The molecule has 0 aliphatic carbocycles. The van der Waals surface area contributed by atoms with Crippen LogP contribution in [-0.4, -0.2) is 27.0 Å². The van der Waals surface area contributed by atoms with Crippen LogP contribution >= 0.6 is 11.8 Å². The van der Waals surface area contributed by atoms with E-state index in [0.717, 1.165) is 10.5 Å². The van der Waals surface area contributed by atoms with Crippen molar-refractivity contribution in [3.05, 3.63) is 59.9 Å². The number of hydrogen-bond donors (Lipinski definition) is 1. The van der Waals surface area contributed by atoms with Crippen molar-refractivity contribution in [2.24, 2.45) is 5.92 Å². The molecule has 0 aliphatic heterocycles. The maximum Gasteiger partial charge on any atom is 0.324 e. The molecule has 1 atom stereocenters. The molecule has 0 bridgehead atoms. The van der Waals surface area contributed by atoms with E-state index in [1.807, 2.05) is 13.8 Å². The lowest BCUT2D eigenvalue weighted by atomic mass is 10.1. The van der Waals surface area contributed by atoms with Gasteiger partial charge >= 0.3 is 5.97 Å². The van der Waals surface area contributed by atoms with Crippen LogP contribution in [0.4, 0.5) is 4.39 Å². The molecule has 0 unspecified atom stereocenters. The van der Waals surface area contributed by atoms with Gasteiger partial charge in [-0.1, -0.05) is 26.0 Å². The smallest absolute Gasteiger partial charge is 0.324 e. The lowest BCUT2D eigenvalue weighted by Crippen LogP contribution is -2.42. The van der Waals surface area contributed by atoms with Crippen LogP contribution in [0.3, 0.4) is 0 Å². The number of rotatable bonds is 10. The molecule has 0 aliphatic rings. The van der Waals surface area contributed by atoms with E-state index in [1.165, 1.54) is 36.0 Å². The normalized spacial score (nSPS) is 12.7. The van der Waals surface area contributed by atoms with Crippen molar-refractivity contribution in [2.75, 3.05) is 6.61 Å². The van der Waals surface area contributed by atoms with Gasteiger partial charge in [-0.3, -0.25) is 4.79 Å². The number of carbonyl (C=O) groups excluding carboxylic acids is 1. The summed E-state index contributed by atoms with van der Waals surface area (Å²) >= 11 is 1.53. The predicted molar refractivity (Wildman–Crippen MR) is 113 cm³/mol. The van der Waals surface area contributed by atoms with Crippen LogP contribution in [0.5, 0.6) is 0 Å². The Bertz CT molecular complexity index is 897. The fourth-order valence-corrected chi connectivity index (χ4v) is 4.68. The molecule has 5 nitrogen and oxygen atoms in total. The highest BCUT2D eigenvalue weighted by atomic mass is 32.2. The molecule has 0 saturated heterocycles. The van der Waals surface area contributed by atoms with E-state index in [2.05, 4.69) is 4.72 Å². The molecule has 8 heteroatoms. The van der Waals surface area contributed by atoms with Crippen molar-refractivity contribution in [3.8, 4) is 0 Å². The van der Waals surface area contributed by atoms with Gasteiger partial charge in [-0.05, 0) is 61.2 Å². The number of carbonyl (C=O) groups is 1. The second-order valence-electron chi connectivity index (χ2n) is 6.94. The Kier molecular flexibility index (Phi) is 8.67. The molecule has 0 heterocycles. The van der Waals surface area contributed by atoms with Crippen molar-refractivity contribution in [3.63, 3.8) is 0 Å². The summed E-state index contributed by atoms with van der Waals surface area (Å²) < 4.78 is 45.8. The number of benzene rings is 2. The van der Waals surface area contributed by atoms with E-state index >= 15 is 0 Å². The number of nitrogens with one attached hydrogen (secondary N) is 1. The first-order valence-electron chi connectivity index (χ1n) is 9.37. The maximum atomic E-state index is 13.0. The van der Waals surface area contributed by atoms with Crippen LogP contribution in [0, 0.1) is 11.7 Å². The summed E-state index contributed by atoms with van der Waals surface area (Å²) in [6.07, 6.45) is 0.352. The van der Waals surface area contributed by atoms with Crippen LogP contribution in [0.2, 0.25) is 0 Å². The second kappa shape index (κ2) is 10.8. The van der Waals surface area contributed by atoms with Crippen LogP contribution in [0.1, 0.15) is 32.8 Å². The molecular weight excluding hydrogens is 413 g/mol. The van der Waals surface area contributed by atoms with E-state index in [4.69, 9.17) is 4.74 Å². The van der Waals surface area contributed by atoms with Crippen molar-refractivity contribution in [2.45, 2.75) is 48.8 Å².